The molecule has 0 N–H and O–H groups in total. The maximum Gasteiger partial charge on any atom is -0.0159 e. The monoisotopic (exact) mass is 173 g/mol. The summed E-state index contributed by atoms with van der Waals surface area (Å²) in [6.45, 7) is 8.43. The number of hydrogen-bond donors (Lipinski definition) is 0. The van der Waals surface area contributed by atoms with E-state index in [1.54, 1.807) is 5.56 Å². The van der Waals surface area contributed by atoms with Crippen LogP contribution in [0.5, 0.6) is 0 Å². The molecule has 1 atom stereocenters. The van der Waals surface area contributed by atoms with Gasteiger partial charge in [-0.2, -0.15) is 0 Å². The van der Waals surface area contributed by atoms with Crippen LogP contribution in [0.25, 0.3) is 0 Å². The van der Waals surface area contributed by atoms with E-state index in [1.165, 1.54) is 24.0 Å². The molecule has 1 radical (unpaired) electrons. The molecule has 0 amide bonds. The first kappa shape index (κ1) is 8.80. The van der Waals surface area contributed by atoms with Gasteiger partial charge in [-0.3, -0.25) is 0 Å². The Labute approximate surface area is 81.0 Å². The van der Waals surface area contributed by atoms with Crippen LogP contribution < -0.4 is 0 Å². The van der Waals surface area contributed by atoms with Crippen molar-refractivity contribution in [3.8, 4) is 0 Å². The molecule has 0 nitrogen and oxygen atoms in total. The molecule has 1 aliphatic rings. The molecule has 1 unspecified atom stereocenters. The van der Waals surface area contributed by atoms with Crippen LogP contribution in [0, 0.1) is 13.8 Å². The van der Waals surface area contributed by atoms with Crippen molar-refractivity contribution in [3.63, 3.8) is 0 Å². The SMILES string of the molecule is [CH2]C(C)c1ccc(C)c(C2CC2)c1. The van der Waals surface area contributed by atoms with Crippen LogP contribution in [0.15, 0.2) is 18.2 Å². The summed E-state index contributed by atoms with van der Waals surface area (Å²) in [4.78, 5) is 0. The van der Waals surface area contributed by atoms with E-state index in [1.807, 2.05) is 0 Å². The average molecular weight is 173 g/mol. The molecule has 69 valence electrons. The van der Waals surface area contributed by atoms with Gasteiger partial charge in [-0.05, 0) is 55.2 Å². The van der Waals surface area contributed by atoms with Crippen molar-refractivity contribution in [1.82, 2.24) is 0 Å². The Bertz CT molecular complexity index is 306. The molecule has 0 heterocycles. The molecule has 1 aliphatic carbocycles. The summed E-state index contributed by atoms with van der Waals surface area (Å²) in [6, 6.07) is 6.80. The first-order valence-corrected chi connectivity index (χ1v) is 5.12. The molecule has 1 saturated carbocycles. The summed E-state index contributed by atoms with van der Waals surface area (Å²) >= 11 is 0. The minimum atomic E-state index is 0.415. The van der Waals surface area contributed by atoms with Gasteiger partial charge in [-0.1, -0.05) is 25.1 Å². The third-order valence-electron chi connectivity index (χ3n) is 2.89. The molecule has 2 rings (SSSR count). The van der Waals surface area contributed by atoms with Crippen molar-refractivity contribution in [2.45, 2.75) is 38.5 Å². The Balaban J connectivity index is 2.36. The smallest absolute Gasteiger partial charge is 0.0159 e. The topological polar surface area (TPSA) is 0 Å². The van der Waals surface area contributed by atoms with Crippen molar-refractivity contribution in [3.05, 3.63) is 41.8 Å². The van der Waals surface area contributed by atoms with Gasteiger partial charge in [-0.15, -0.1) is 0 Å². The van der Waals surface area contributed by atoms with Gasteiger partial charge in [0, 0.05) is 0 Å². The zero-order valence-corrected chi connectivity index (χ0v) is 8.51. The van der Waals surface area contributed by atoms with E-state index in [-0.39, 0.29) is 0 Å². The molecule has 0 bridgehead atoms. The van der Waals surface area contributed by atoms with Crippen molar-refractivity contribution in [1.29, 1.82) is 0 Å². The van der Waals surface area contributed by atoms with Crippen LogP contribution in [0.3, 0.4) is 0 Å². The lowest BCUT2D eigenvalue weighted by Gasteiger charge is -2.10. The van der Waals surface area contributed by atoms with Gasteiger partial charge < -0.3 is 0 Å². The van der Waals surface area contributed by atoms with Crippen LogP contribution >= 0.6 is 0 Å². The minimum absolute atomic E-state index is 0.415. The Morgan fingerprint density at radius 1 is 1.38 bits per heavy atom. The first-order chi connectivity index (χ1) is 6.18. The summed E-state index contributed by atoms with van der Waals surface area (Å²) in [5.74, 6) is 1.27. The van der Waals surface area contributed by atoms with Crippen LogP contribution in [0.4, 0.5) is 0 Å². The van der Waals surface area contributed by atoms with Crippen LogP contribution in [0.2, 0.25) is 0 Å². The Kier molecular flexibility index (Phi) is 2.15. The molecule has 0 heteroatoms. The van der Waals surface area contributed by atoms with E-state index in [9.17, 15) is 0 Å². The van der Waals surface area contributed by atoms with E-state index in [0.29, 0.717) is 5.92 Å². The van der Waals surface area contributed by atoms with Gasteiger partial charge >= 0.3 is 0 Å². The Hall–Kier alpha value is -0.780. The van der Waals surface area contributed by atoms with Crippen molar-refractivity contribution < 1.29 is 0 Å². The molecule has 13 heavy (non-hydrogen) atoms. The molecule has 1 aromatic rings. The van der Waals surface area contributed by atoms with E-state index < -0.39 is 0 Å². The van der Waals surface area contributed by atoms with E-state index in [4.69, 9.17) is 0 Å². The van der Waals surface area contributed by atoms with E-state index in [0.717, 1.165) is 5.92 Å². The molecular weight excluding hydrogens is 156 g/mol. The Morgan fingerprint density at radius 2 is 2.08 bits per heavy atom. The lowest BCUT2D eigenvalue weighted by molar-refractivity contribution is 0.949. The summed E-state index contributed by atoms with van der Waals surface area (Å²) in [5.41, 5.74) is 4.40. The molecule has 0 spiro atoms. The number of benzene rings is 1. The number of aryl methyl sites for hydroxylation is 1. The quantitative estimate of drug-likeness (QED) is 0.638. The summed E-state index contributed by atoms with van der Waals surface area (Å²) in [7, 11) is 0. The van der Waals surface area contributed by atoms with Gasteiger partial charge in [0.05, 0.1) is 0 Å². The van der Waals surface area contributed by atoms with Crippen molar-refractivity contribution in [2.75, 3.05) is 0 Å². The highest BCUT2D eigenvalue weighted by atomic mass is 14.3. The molecule has 0 saturated heterocycles. The fraction of sp³-hybridized carbons (Fsp3) is 0.462. The average Bonchev–Trinajstić information content (AvgIpc) is 2.87. The standard InChI is InChI=1S/C13H17/c1-9(2)12-5-4-10(3)13(8-12)11-6-7-11/h4-5,8-9,11H,1,6-7H2,2-3H3. The zero-order valence-electron chi connectivity index (χ0n) is 8.51. The summed E-state index contributed by atoms with van der Waals surface area (Å²) in [5, 5.41) is 0. The second kappa shape index (κ2) is 3.17. The summed E-state index contributed by atoms with van der Waals surface area (Å²) < 4.78 is 0. The fourth-order valence-electron chi connectivity index (χ4n) is 1.80. The van der Waals surface area contributed by atoms with Gasteiger partial charge in [0.1, 0.15) is 0 Å². The minimum Gasteiger partial charge on any atom is -0.0588 e. The van der Waals surface area contributed by atoms with Gasteiger partial charge in [0.2, 0.25) is 0 Å². The van der Waals surface area contributed by atoms with Crippen LogP contribution in [0.1, 0.15) is 48.3 Å². The highest BCUT2D eigenvalue weighted by molar-refractivity contribution is 5.37. The van der Waals surface area contributed by atoms with Gasteiger partial charge in [0.15, 0.2) is 0 Å². The lowest BCUT2D eigenvalue weighted by atomic mass is 9.96. The fourth-order valence-corrected chi connectivity index (χ4v) is 1.80. The van der Waals surface area contributed by atoms with Gasteiger partial charge in [0.25, 0.3) is 0 Å². The second-order valence-corrected chi connectivity index (χ2v) is 4.29. The third kappa shape index (κ3) is 1.77. The predicted octanol–water partition coefficient (Wildman–Crippen LogP) is 3.81. The maximum atomic E-state index is 4.06. The van der Waals surface area contributed by atoms with E-state index >= 15 is 0 Å². The van der Waals surface area contributed by atoms with Crippen molar-refractivity contribution >= 4 is 0 Å². The molecule has 0 aromatic heterocycles. The largest absolute Gasteiger partial charge is 0.0588 e. The van der Waals surface area contributed by atoms with Crippen LogP contribution in [-0.2, 0) is 0 Å². The van der Waals surface area contributed by atoms with Crippen molar-refractivity contribution in [2.24, 2.45) is 0 Å². The molecular formula is C13H17. The normalized spacial score (nSPS) is 16.6. The highest BCUT2D eigenvalue weighted by Crippen LogP contribution is 2.42. The molecule has 1 fully saturated rings. The van der Waals surface area contributed by atoms with Gasteiger partial charge in [-0.25, -0.2) is 0 Å². The Morgan fingerprint density at radius 3 is 2.62 bits per heavy atom. The molecule has 1 aromatic carbocycles. The highest BCUT2D eigenvalue weighted by Gasteiger charge is 2.25. The number of rotatable bonds is 2. The first-order valence-electron chi connectivity index (χ1n) is 5.12. The summed E-state index contributed by atoms with van der Waals surface area (Å²) in [6.07, 6.45) is 2.77. The predicted molar refractivity (Wildman–Crippen MR) is 56.9 cm³/mol. The van der Waals surface area contributed by atoms with Crippen LogP contribution in [-0.4, -0.2) is 0 Å². The maximum absolute atomic E-state index is 4.06. The van der Waals surface area contributed by atoms with E-state index in [2.05, 4.69) is 39.0 Å². The number of hydrogen-bond acceptors (Lipinski definition) is 0. The molecule has 0 aliphatic heterocycles. The second-order valence-electron chi connectivity index (χ2n) is 4.29. The third-order valence-corrected chi connectivity index (χ3v) is 2.89. The lowest BCUT2D eigenvalue weighted by Crippen LogP contribution is -1.92. The zero-order chi connectivity index (χ0) is 9.42.